The van der Waals surface area contributed by atoms with Crippen LogP contribution >= 0.6 is 0 Å². The molecule has 6 heavy (non-hydrogen) atoms. The monoisotopic (exact) mass is 88.0 g/mol. The maximum absolute atomic E-state index is 7.49. The van der Waals surface area contributed by atoms with Gasteiger partial charge in [0, 0.05) is 12.0 Å². The van der Waals surface area contributed by atoms with E-state index in [0.29, 0.717) is 0 Å². The van der Waals surface area contributed by atoms with E-state index >= 15 is 0 Å². The molecule has 1 N–H and O–H groups in total. The Labute approximate surface area is 34.4 Å². The van der Waals surface area contributed by atoms with E-state index in [0.717, 1.165) is 0 Å². The predicted molar refractivity (Wildman–Crippen MR) is 19.3 cm³/mol. The average Bonchev–Trinajstić information content (AvgIpc) is 1.61. The first-order valence-electron chi connectivity index (χ1n) is 1.29. The van der Waals surface area contributed by atoms with Crippen molar-refractivity contribution >= 4 is 0 Å². The molecule has 0 bridgehead atoms. The summed E-state index contributed by atoms with van der Waals surface area (Å²) >= 11 is 0. The Bertz CT molecular complexity index is 63.9. The summed E-state index contributed by atoms with van der Waals surface area (Å²) in [6, 6.07) is 0. The zero-order chi connectivity index (χ0) is 4.83. The molecule has 0 aliphatic heterocycles. The van der Waals surface area contributed by atoms with Gasteiger partial charge in [-0.15, -0.1) is 0 Å². The van der Waals surface area contributed by atoms with Crippen molar-refractivity contribution < 1.29 is 4.94 Å². The lowest BCUT2D eigenvalue weighted by Crippen LogP contribution is -1.99. The number of hydrogen-bond acceptors (Lipinski definition) is 3. The molecule has 0 aromatic carbocycles. The van der Waals surface area contributed by atoms with Crippen molar-refractivity contribution in [2.45, 2.75) is 0 Å². The summed E-state index contributed by atoms with van der Waals surface area (Å²) in [7, 11) is 1.49. The molecule has 0 fully saturated rings. The van der Waals surface area contributed by atoms with Gasteiger partial charge in [-0.25, -0.2) is 0 Å². The Hall–Kier alpha value is -0.930. The molecule has 0 aromatic rings. The van der Waals surface area contributed by atoms with Crippen molar-refractivity contribution in [2.24, 2.45) is 5.28 Å². The van der Waals surface area contributed by atoms with E-state index < -0.39 is 0 Å². The minimum atomic E-state index is 1.49. The van der Waals surface area contributed by atoms with Gasteiger partial charge in [-0.3, -0.25) is 0 Å². The molecule has 0 aliphatic carbocycles. The molecule has 0 rings (SSSR count). The van der Waals surface area contributed by atoms with Crippen LogP contribution in [0.25, 0.3) is 10.4 Å². The first-order chi connectivity index (χ1) is 2.91. The summed E-state index contributed by atoms with van der Waals surface area (Å²) in [5.41, 5.74) is 9.64. The first-order valence-corrected chi connectivity index (χ1v) is 1.29. The normalized spacial score (nSPS) is 6.17. The zero-order valence-electron chi connectivity index (χ0n) is 3.25. The van der Waals surface area contributed by atoms with Crippen LogP contribution in [0.4, 0.5) is 0 Å². The lowest BCUT2D eigenvalue weighted by Gasteiger charge is -1.83. The molecule has 5 heteroatoms. The van der Waals surface area contributed by atoms with Gasteiger partial charge in [-0.2, -0.15) is 5.48 Å². The van der Waals surface area contributed by atoms with Crippen LogP contribution in [-0.4, -0.2) is 7.05 Å². The molecule has 34 valence electrons. The van der Waals surface area contributed by atoms with Gasteiger partial charge in [0.1, 0.15) is 5.28 Å². The maximum atomic E-state index is 7.49. The van der Waals surface area contributed by atoms with Gasteiger partial charge in [0.05, 0.1) is 0 Å². The fourth-order valence-corrected chi connectivity index (χ4v) is 0.0591. The third-order valence-electron chi connectivity index (χ3n) is 0.169. The molecule has 0 unspecified atom stereocenters. The van der Waals surface area contributed by atoms with Crippen LogP contribution in [0.15, 0.2) is 5.28 Å². The Balaban J connectivity index is 2.86. The first kappa shape index (κ1) is 5.07. The third kappa shape index (κ3) is 3.07. The van der Waals surface area contributed by atoms with Gasteiger partial charge in [0.25, 0.3) is 0 Å². The van der Waals surface area contributed by atoms with Gasteiger partial charge < -0.3 is 4.94 Å². The summed E-state index contributed by atoms with van der Waals surface area (Å²) in [5, 5.41) is 2.66. The van der Waals surface area contributed by atoms with Crippen molar-refractivity contribution in [3.63, 3.8) is 0 Å². The van der Waals surface area contributed by atoms with Gasteiger partial charge in [0.15, 0.2) is 0 Å². The van der Waals surface area contributed by atoms with E-state index in [1.54, 1.807) is 0 Å². The lowest BCUT2D eigenvalue weighted by atomic mass is 11.6. The number of hydrogen-bond donors (Lipinski definition) is 1. The summed E-state index contributed by atoms with van der Waals surface area (Å²) < 4.78 is 0. The number of azide groups is 1. The van der Waals surface area contributed by atoms with Crippen LogP contribution in [0.5, 0.6) is 0 Å². The number of rotatable bonds is 2. The van der Waals surface area contributed by atoms with Crippen molar-refractivity contribution in [3.8, 4) is 0 Å². The fourth-order valence-electron chi connectivity index (χ4n) is 0.0591. The van der Waals surface area contributed by atoms with Gasteiger partial charge in [-0.05, 0) is 5.53 Å². The van der Waals surface area contributed by atoms with Gasteiger partial charge in [0.2, 0.25) is 0 Å². The molecule has 0 amide bonds. The standard InChI is InChI=1S/CH4N4O/c1-3-6-5-4-2/h3H,1H3. The van der Waals surface area contributed by atoms with E-state index in [2.05, 4.69) is 20.6 Å². The second kappa shape index (κ2) is 4.07. The van der Waals surface area contributed by atoms with Gasteiger partial charge in [-0.1, -0.05) is 0 Å². The van der Waals surface area contributed by atoms with Crippen molar-refractivity contribution in [1.29, 1.82) is 0 Å². The highest BCUT2D eigenvalue weighted by molar-refractivity contribution is 4.26. The average molecular weight is 88.1 g/mol. The van der Waals surface area contributed by atoms with E-state index in [1.165, 1.54) is 7.05 Å². The van der Waals surface area contributed by atoms with E-state index in [9.17, 15) is 0 Å². The second-order valence-electron chi connectivity index (χ2n) is 0.467. The largest absolute Gasteiger partial charge is 0.337 e. The highest BCUT2D eigenvalue weighted by Gasteiger charge is 1.57. The van der Waals surface area contributed by atoms with E-state index in [1.807, 2.05) is 0 Å². The molecule has 0 aromatic heterocycles. The van der Waals surface area contributed by atoms with Crippen LogP contribution < -0.4 is 5.48 Å². The SMILES string of the molecule is CNON=[N+]=[N-]. The Kier molecular flexibility index (Phi) is 3.44. The molecule has 0 radical (unpaired) electrons. The molecular formula is CH4N4O. The topological polar surface area (TPSA) is 70.0 Å². The molecule has 0 atom stereocenters. The highest BCUT2D eigenvalue weighted by atomic mass is 16.8. The zero-order valence-corrected chi connectivity index (χ0v) is 3.25. The summed E-state index contributed by atoms with van der Waals surface area (Å²) in [6.45, 7) is 0. The van der Waals surface area contributed by atoms with Crippen molar-refractivity contribution in [2.75, 3.05) is 7.05 Å². The lowest BCUT2D eigenvalue weighted by molar-refractivity contribution is 0.0594. The van der Waals surface area contributed by atoms with Crippen LogP contribution in [0.1, 0.15) is 0 Å². The van der Waals surface area contributed by atoms with Crippen LogP contribution in [-0.2, 0) is 4.94 Å². The quantitative estimate of drug-likeness (QED) is 0.229. The molecule has 0 spiro atoms. The number of nitrogens with one attached hydrogen (secondary N) is 1. The summed E-state index contributed by atoms with van der Waals surface area (Å²) in [6.07, 6.45) is 0. The molecule has 0 aliphatic rings. The number of hydroxylamine groups is 1. The second-order valence-corrected chi connectivity index (χ2v) is 0.467. The van der Waals surface area contributed by atoms with E-state index in [-0.39, 0.29) is 0 Å². The third-order valence-corrected chi connectivity index (χ3v) is 0.169. The Morgan fingerprint density at radius 3 is 2.83 bits per heavy atom. The smallest absolute Gasteiger partial charge is 0.132 e. The summed E-state index contributed by atoms with van der Waals surface area (Å²) in [4.78, 5) is 6.21. The predicted octanol–water partition coefficient (Wildman–Crippen LogP) is 0.363. The number of nitrogens with zero attached hydrogens (tertiary/aromatic N) is 3. The Morgan fingerprint density at radius 1 is 2.00 bits per heavy atom. The Morgan fingerprint density at radius 2 is 2.67 bits per heavy atom. The highest BCUT2D eigenvalue weighted by Crippen LogP contribution is 1.61. The van der Waals surface area contributed by atoms with Gasteiger partial charge >= 0.3 is 0 Å². The maximum Gasteiger partial charge on any atom is 0.132 e. The van der Waals surface area contributed by atoms with Crippen LogP contribution in [0, 0.1) is 0 Å². The molecule has 0 saturated heterocycles. The van der Waals surface area contributed by atoms with Crippen LogP contribution in [0.3, 0.4) is 0 Å². The van der Waals surface area contributed by atoms with Crippen molar-refractivity contribution in [3.05, 3.63) is 10.4 Å². The van der Waals surface area contributed by atoms with E-state index in [4.69, 9.17) is 5.53 Å². The van der Waals surface area contributed by atoms with Crippen LogP contribution in [0.2, 0.25) is 0 Å². The fraction of sp³-hybridized carbons (Fsp3) is 1.00. The molecule has 0 saturated carbocycles. The minimum Gasteiger partial charge on any atom is -0.337 e. The molecule has 5 nitrogen and oxygen atoms in total. The minimum absolute atomic E-state index is 1.49. The molecule has 0 heterocycles. The molecular weight excluding hydrogens is 84.0 g/mol. The summed E-state index contributed by atoms with van der Waals surface area (Å²) in [5.74, 6) is 0. The van der Waals surface area contributed by atoms with Crippen molar-refractivity contribution in [1.82, 2.24) is 5.48 Å².